The molecule has 0 atom stereocenters. The second-order valence-corrected chi connectivity index (χ2v) is 15.6. The Morgan fingerprint density at radius 3 is 1.66 bits per heavy atom. The van der Waals surface area contributed by atoms with E-state index in [0.717, 1.165) is 12.2 Å². The van der Waals surface area contributed by atoms with Crippen LogP contribution in [0, 0.1) is 0 Å². The van der Waals surface area contributed by atoms with Crippen molar-refractivity contribution in [3.05, 3.63) is 29.8 Å². The molecule has 0 aliphatic rings. The predicted molar refractivity (Wildman–Crippen MR) is 149 cm³/mol. The van der Waals surface area contributed by atoms with Crippen LogP contribution < -0.4 is 4.74 Å². The van der Waals surface area contributed by atoms with Gasteiger partial charge in [-0.25, -0.2) is 0 Å². The minimum Gasteiger partial charge on any atom is -0.491 e. The smallest absolute Gasteiger partial charge is 0.192 e. The Bertz CT molecular complexity index is 612. The van der Waals surface area contributed by atoms with Gasteiger partial charge in [-0.2, -0.15) is 0 Å². The van der Waals surface area contributed by atoms with Crippen molar-refractivity contribution in [1.82, 2.24) is 0 Å². The van der Waals surface area contributed by atoms with E-state index in [2.05, 4.69) is 65.1 Å². The first-order valence-electron chi connectivity index (χ1n) is 13.8. The zero-order chi connectivity index (χ0) is 25.8. The van der Waals surface area contributed by atoms with Gasteiger partial charge in [0.2, 0.25) is 0 Å². The molecule has 0 N–H and O–H groups in total. The molecule has 6 heteroatoms. The second-order valence-electron chi connectivity index (χ2n) is 10.8. The molecule has 0 unspecified atom stereocenters. The highest BCUT2D eigenvalue weighted by atomic mass is 28.4. The van der Waals surface area contributed by atoms with Gasteiger partial charge in [0.25, 0.3) is 0 Å². The van der Waals surface area contributed by atoms with Gasteiger partial charge in [0.15, 0.2) is 8.32 Å². The van der Waals surface area contributed by atoms with Gasteiger partial charge in [-0.15, -0.1) is 0 Å². The Labute approximate surface area is 217 Å². The first-order valence-corrected chi connectivity index (χ1v) is 16.8. The monoisotopic (exact) mass is 510 g/mol. The maximum atomic E-state index is 6.09. The van der Waals surface area contributed by atoms with E-state index in [-0.39, 0.29) is 5.04 Å². The molecule has 1 rings (SSSR count). The van der Waals surface area contributed by atoms with Gasteiger partial charge >= 0.3 is 0 Å². The van der Waals surface area contributed by atoms with Crippen LogP contribution in [0.4, 0.5) is 0 Å². The van der Waals surface area contributed by atoms with Crippen LogP contribution in [-0.4, -0.2) is 61.2 Å². The molecule has 204 valence electrons. The molecule has 1 aromatic rings. The number of rotatable bonds is 22. The molecule has 0 heterocycles. The van der Waals surface area contributed by atoms with Gasteiger partial charge in [-0.3, -0.25) is 0 Å². The van der Waals surface area contributed by atoms with Crippen molar-refractivity contribution in [2.75, 3.05) is 52.9 Å². The van der Waals surface area contributed by atoms with E-state index < -0.39 is 8.32 Å². The van der Waals surface area contributed by atoms with Crippen LogP contribution in [0.1, 0.15) is 78.2 Å². The number of benzene rings is 1. The lowest BCUT2D eigenvalue weighted by atomic mass is 10.0. The Balaban J connectivity index is 1.91. The Morgan fingerprint density at radius 1 is 0.629 bits per heavy atom. The molecule has 0 saturated heterocycles. The SMILES string of the molecule is CCCCCCCCCc1ccc(OCCOCCOCCOCCO[Si](C)(C)C(C)(C)C)cc1. The molecule has 1 aromatic carbocycles. The minimum atomic E-state index is -1.68. The first kappa shape index (κ1) is 32.1. The topological polar surface area (TPSA) is 46.2 Å². The van der Waals surface area contributed by atoms with Crippen molar-refractivity contribution >= 4 is 8.32 Å². The molecular weight excluding hydrogens is 456 g/mol. The zero-order valence-electron chi connectivity index (χ0n) is 23.7. The summed E-state index contributed by atoms with van der Waals surface area (Å²) >= 11 is 0. The fraction of sp³-hybridized carbons (Fsp3) is 0.793. The molecule has 0 bridgehead atoms. The van der Waals surface area contributed by atoms with Crippen LogP contribution in [-0.2, 0) is 25.1 Å². The third kappa shape index (κ3) is 16.4. The molecule has 0 spiro atoms. The average Bonchev–Trinajstić information content (AvgIpc) is 2.81. The largest absolute Gasteiger partial charge is 0.491 e. The maximum absolute atomic E-state index is 6.09. The van der Waals surface area contributed by atoms with E-state index in [4.69, 9.17) is 23.4 Å². The van der Waals surface area contributed by atoms with Crippen LogP contribution in [0.3, 0.4) is 0 Å². The Kier molecular flexibility index (Phi) is 17.6. The first-order chi connectivity index (χ1) is 16.8. The van der Waals surface area contributed by atoms with Crippen molar-refractivity contribution < 1.29 is 23.4 Å². The summed E-state index contributed by atoms with van der Waals surface area (Å²) in [5.74, 6) is 0.905. The molecule has 0 aliphatic heterocycles. The third-order valence-corrected chi connectivity index (χ3v) is 11.3. The van der Waals surface area contributed by atoms with E-state index >= 15 is 0 Å². The van der Waals surface area contributed by atoms with E-state index in [1.807, 2.05) is 0 Å². The summed E-state index contributed by atoms with van der Waals surface area (Å²) in [4.78, 5) is 0. The Morgan fingerprint density at radius 2 is 1.11 bits per heavy atom. The fourth-order valence-corrected chi connectivity index (χ4v) is 4.40. The lowest BCUT2D eigenvalue weighted by Gasteiger charge is -2.36. The summed E-state index contributed by atoms with van der Waals surface area (Å²) < 4.78 is 28.6. The van der Waals surface area contributed by atoms with E-state index in [1.165, 1.54) is 50.5 Å². The highest BCUT2D eigenvalue weighted by Crippen LogP contribution is 2.36. The normalized spacial score (nSPS) is 12.3. The number of hydrogen-bond donors (Lipinski definition) is 0. The van der Waals surface area contributed by atoms with Gasteiger partial charge in [0.05, 0.1) is 46.2 Å². The van der Waals surface area contributed by atoms with Crippen molar-refractivity contribution in [3.63, 3.8) is 0 Å². The fourth-order valence-electron chi connectivity index (χ4n) is 3.37. The van der Waals surface area contributed by atoms with E-state index in [0.29, 0.717) is 52.9 Å². The lowest BCUT2D eigenvalue weighted by Crippen LogP contribution is -2.41. The zero-order valence-corrected chi connectivity index (χ0v) is 24.7. The molecule has 5 nitrogen and oxygen atoms in total. The lowest BCUT2D eigenvalue weighted by molar-refractivity contribution is 0.00431. The summed E-state index contributed by atoms with van der Waals surface area (Å²) in [6.07, 6.45) is 10.6. The number of ether oxygens (including phenoxy) is 4. The molecule has 0 saturated carbocycles. The maximum Gasteiger partial charge on any atom is 0.192 e. The van der Waals surface area contributed by atoms with Crippen LogP contribution in [0.25, 0.3) is 0 Å². The summed E-state index contributed by atoms with van der Waals surface area (Å²) in [7, 11) is -1.68. The highest BCUT2D eigenvalue weighted by Gasteiger charge is 2.36. The number of aryl methyl sites for hydroxylation is 1. The van der Waals surface area contributed by atoms with Crippen molar-refractivity contribution in [1.29, 1.82) is 0 Å². The minimum absolute atomic E-state index is 0.235. The third-order valence-electron chi connectivity index (χ3n) is 6.73. The average molecular weight is 511 g/mol. The van der Waals surface area contributed by atoms with Crippen molar-refractivity contribution in [3.8, 4) is 5.75 Å². The quantitative estimate of drug-likeness (QED) is 0.120. The summed E-state index contributed by atoms with van der Waals surface area (Å²) in [6.45, 7) is 18.2. The van der Waals surface area contributed by atoms with Gasteiger partial charge < -0.3 is 23.4 Å². The molecule has 0 amide bonds. The summed E-state index contributed by atoms with van der Waals surface area (Å²) in [6, 6.07) is 8.50. The molecule has 0 aromatic heterocycles. The number of unbranched alkanes of at least 4 members (excludes halogenated alkanes) is 6. The van der Waals surface area contributed by atoms with Gasteiger partial charge in [0, 0.05) is 0 Å². The van der Waals surface area contributed by atoms with Crippen LogP contribution >= 0.6 is 0 Å². The molecule has 0 radical (unpaired) electrons. The predicted octanol–water partition coefficient (Wildman–Crippen LogP) is 7.43. The molecular formula is C29H54O5Si. The van der Waals surface area contributed by atoms with Crippen molar-refractivity contribution in [2.24, 2.45) is 0 Å². The summed E-state index contributed by atoms with van der Waals surface area (Å²) in [5.41, 5.74) is 1.39. The molecule has 0 fully saturated rings. The summed E-state index contributed by atoms with van der Waals surface area (Å²) in [5, 5.41) is 0.235. The number of hydrogen-bond acceptors (Lipinski definition) is 5. The van der Waals surface area contributed by atoms with Crippen molar-refractivity contribution in [2.45, 2.75) is 97.2 Å². The van der Waals surface area contributed by atoms with E-state index in [9.17, 15) is 0 Å². The molecule has 35 heavy (non-hydrogen) atoms. The Hall–Kier alpha value is -0.923. The molecule has 0 aliphatic carbocycles. The van der Waals surface area contributed by atoms with Gasteiger partial charge in [-0.05, 0) is 48.7 Å². The standard InChI is InChI=1S/C29H54O5Si/c1-7-8-9-10-11-12-13-14-27-15-17-28(18-16-27)33-25-23-31-21-19-30-20-22-32-24-26-34-35(5,6)29(2,3)4/h15-18H,7-14,19-26H2,1-6H3. The second kappa shape index (κ2) is 19.2. The van der Waals surface area contributed by atoms with E-state index in [1.54, 1.807) is 0 Å². The van der Waals surface area contributed by atoms with Crippen LogP contribution in [0.5, 0.6) is 5.75 Å². The van der Waals surface area contributed by atoms with Gasteiger partial charge in [0.1, 0.15) is 12.4 Å². The van der Waals surface area contributed by atoms with Gasteiger partial charge in [-0.1, -0.05) is 78.4 Å². The van der Waals surface area contributed by atoms with Crippen LogP contribution in [0.15, 0.2) is 24.3 Å². The highest BCUT2D eigenvalue weighted by molar-refractivity contribution is 6.74. The van der Waals surface area contributed by atoms with Crippen LogP contribution in [0.2, 0.25) is 18.1 Å².